The summed E-state index contributed by atoms with van der Waals surface area (Å²) < 4.78 is 17.5. The molecule has 1 aliphatic heterocycles. The highest BCUT2D eigenvalue weighted by Gasteiger charge is 2.34. The van der Waals surface area contributed by atoms with Crippen molar-refractivity contribution in [2.45, 2.75) is 39.3 Å². The monoisotopic (exact) mass is 293 g/mol. The van der Waals surface area contributed by atoms with Crippen molar-refractivity contribution < 1.29 is 14.2 Å². The van der Waals surface area contributed by atoms with Crippen molar-refractivity contribution in [3.05, 3.63) is 24.3 Å². The van der Waals surface area contributed by atoms with Crippen molar-refractivity contribution in [2.75, 3.05) is 32.9 Å². The van der Waals surface area contributed by atoms with Gasteiger partial charge in [-0.05, 0) is 39.8 Å². The van der Waals surface area contributed by atoms with Gasteiger partial charge in [0.1, 0.15) is 12.2 Å². The van der Waals surface area contributed by atoms with Gasteiger partial charge in [0, 0.05) is 19.1 Å². The Bertz CT molecular complexity index is 449. The summed E-state index contributed by atoms with van der Waals surface area (Å²) in [6.45, 7) is 12.3. The number of nitrogens with zero attached hydrogens (tertiary/aromatic N) is 1. The minimum Gasteiger partial charge on any atom is -0.490 e. The van der Waals surface area contributed by atoms with Crippen molar-refractivity contribution in [2.24, 2.45) is 0 Å². The zero-order chi connectivity index (χ0) is 15.3. The van der Waals surface area contributed by atoms with Crippen LogP contribution in [0.3, 0.4) is 0 Å². The summed E-state index contributed by atoms with van der Waals surface area (Å²) in [5.74, 6) is 1.57. The average molecular weight is 293 g/mol. The van der Waals surface area contributed by atoms with E-state index in [1.54, 1.807) is 0 Å². The van der Waals surface area contributed by atoms with E-state index in [1.807, 2.05) is 31.2 Å². The van der Waals surface area contributed by atoms with E-state index in [-0.39, 0.29) is 5.60 Å². The lowest BCUT2D eigenvalue weighted by atomic mass is 10.0. The predicted molar refractivity (Wildman–Crippen MR) is 84.2 cm³/mol. The molecule has 0 amide bonds. The topological polar surface area (TPSA) is 30.9 Å². The van der Waals surface area contributed by atoms with Crippen LogP contribution in [0.1, 0.15) is 27.7 Å². The molecule has 0 aromatic heterocycles. The lowest BCUT2D eigenvalue weighted by Crippen LogP contribution is -2.55. The van der Waals surface area contributed by atoms with Crippen LogP contribution in [0.15, 0.2) is 24.3 Å². The van der Waals surface area contributed by atoms with Crippen LogP contribution < -0.4 is 9.47 Å². The molecule has 1 aromatic carbocycles. The molecule has 1 fully saturated rings. The molecule has 118 valence electrons. The number of benzene rings is 1. The number of para-hydroxylation sites is 2. The second-order valence-electron chi connectivity index (χ2n) is 6.03. The van der Waals surface area contributed by atoms with Gasteiger partial charge in [0.25, 0.3) is 0 Å². The summed E-state index contributed by atoms with van der Waals surface area (Å²) >= 11 is 0. The third-order valence-electron chi connectivity index (χ3n) is 3.78. The molecular weight excluding hydrogens is 266 g/mol. The Kier molecular flexibility index (Phi) is 5.48. The fourth-order valence-electron chi connectivity index (χ4n) is 2.57. The highest BCUT2D eigenvalue weighted by molar-refractivity contribution is 5.39. The average Bonchev–Trinajstić information content (AvgIpc) is 2.47. The molecule has 4 nitrogen and oxygen atoms in total. The Balaban J connectivity index is 1.98. The zero-order valence-electron chi connectivity index (χ0n) is 13.6. The second kappa shape index (κ2) is 7.14. The van der Waals surface area contributed by atoms with E-state index < -0.39 is 0 Å². The molecule has 21 heavy (non-hydrogen) atoms. The first kappa shape index (κ1) is 16.1. The maximum atomic E-state index is 5.98. The van der Waals surface area contributed by atoms with Gasteiger partial charge in [-0.2, -0.15) is 0 Å². The quantitative estimate of drug-likeness (QED) is 0.807. The number of morpholine rings is 1. The lowest BCUT2D eigenvalue weighted by Gasteiger charge is -2.42. The summed E-state index contributed by atoms with van der Waals surface area (Å²) in [5, 5.41) is 0. The van der Waals surface area contributed by atoms with Gasteiger partial charge in [0.05, 0.1) is 13.2 Å². The molecule has 0 saturated carbocycles. The molecule has 1 aromatic rings. The fraction of sp³-hybridized carbons (Fsp3) is 0.647. The normalized spacial score (nSPS) is 23.3. The van der Waals surface area contributed by atoms with E-state index in [0.717, 1.165) is 31.2 Å². The van der Waals surface area contributed by atoms with Crippen LogP contribution >= 0.6 is 0 Å². The number of rotatable bonds is 6. The van der Waals surface area contributed by atoms with Gasteiger partial charge >= 0.3 is 0 Å². The maximum Gasteiger partial charge on any atom is 0.161 e. The lowest BCUT2D eigenvalue weighted by molar-refractivity contribution is -0.123. The predicted octanol–water partition coefficient (Wildman–Crippen LogP) is 2.96. The van der Waals surface area contributed by atoms with Crippen LogP contribution in [0.5, 0.6) is 11.5 Å². The molecule has 2 rings (SSSR count). The second-order valence-corrected chi connectivity index (χ2v) is 6.03. The first-order valence-electron chi connectivity index (χ1n) is 7.77. The van der Waals surface area contributed by atoms with Crippen molar-refractivity contribution in [1.29, 1.82) is 0 Å². The van der Waals surface area contributed by atoms with Gasteiger partial charge in [0.2, 0.25) is 0 Å². The van der Waals surface area contributed by atoms with Crippen molar-refractivity contribution in [1.82, 2.24) is 4.90 Å². The Labute approximate surface area is 128 Å². The molecule has 1 aliphatic rings. The maximum absolute atomic E-state index is 5.98. The van der Waals surface area contributed by atoms with Crippen molar-refractivity contribution in [3.8, 4) is 11.5 Å². The molecule has 0 spiro atoms. The molecular formula is C17H27NO3. The molecule has 0 aliphatic carbocycles. The first-order valence-corrected chi connectivity index (χ1v) is 7.77. The summed E-state index contributed by atoms with van der Waals surface area (Å²) in [6.07, 6.45) is 0. The van der Waals surface area contributed by atoms with E-state index in [1.165, 1.54) is 0 Å². The number of ether oxygens (including phenoxy) is 3. The zero-order valence-corrected chi connectivity index (χ0v) is 13.6. The van der Waals surface area contributed by atoms with E-state index in [4.69, 9.17) is 14.2 Å². The highest BCUT2D eigenvalue weighted by atomic mass is 16.6. The molecule has 0 bridgehead atoms. The molecule has 4 heteroatoms. The number of hydrogen-bond acceptors (Lipinski definition) is 4. The third kappa shape index (κ3) is 4.35. The molecule has 1 unspecified atom stereocenters. The van der Waals surface area contributed by atoms with Crippen LogP contribution in [0, 0.1) is 0 Å². The van der Waals surface area contributed by atoms with Gasteiger partial charge in [-0.25, -0.2) is 0 Å². The standard InChI is InChI=1S/C17H27NO3/c1-5-19-15-8-6-7-9-16(15)20-13-17(4)12-18(14(2)3)10-11-21-17/h6-9,14H,5,10-13H2,1-4H3. The smallest absolute Gasteiger partial charge is 0.161 e. The van der Waals surface area contributed by atoms with Crippen LogP contribution in [-0.2, 0) is 4.74 Å². The van der Waals surface area contributed by atoms with Gasteiger partial charge in [0.15, 0.2) is 11.5 Å². The van der Waals surface area contributed by atoms with E-state index in [0.29, 0.717) is 19.3 Å². The summed E-state index contributed by atoms with van der Waals surface area (Å²) in [5.41, 5.74) is -0.276. The largest absolute Gasteiger partial charge is 0.490 e. The minimum absolute atomic E-state index is 0.276. The first-order chi connectivity index (χ1) is 10.0. The molecule has 0 N–H and O–H groups in total. The summed E-state index contributed by atoms with van der Waals surface area (Å²) in [7, 11) is 0. The molecule has 1 saturated heterocycles. The fourth-order valence-corrected chi connectivity index (χ4v) is 2.57. The van der Waals surface area contributed by atoms with Gasteiger partial charge < -0.3 is 14.2 Å². The Morgan fingerprint density at radius 1 is 1.24 bits per heavy atom. The third-order valence-corrected chi connectivity index (χ3v) is 3.78. The summed E-state index contributed by atoms with van der Waals surface area (Å²) in [6, 6.07) is 8.32. The SMILES string of the molecule is CCOc1ccccc1OCC1(C)CN(C(C)C)CCO1. The van der Waals surface area contributed by atoms with Crippen LogP contribution in [-0.4, -0.2) is 49.5 Å². The number of hydrogen-bond donors (Lipinski definition) is 0. The van der Waals surface area contributed by atoms with Gasteiger partial charge in [-0.15, -0.1) is 0 Å². The van der Waals surface area contributed by atoms with E-state index in [2.05, 4.69) is 25.7 Å². The Morgan fingerprint density at radius 3 is 2.52 bits per heavy atom. The van der Waals surface area contributed by atoms with Crippen LogP contribution in [0.25, 0.3) is 0 Å². The molecule has 1 heterocycles. The van der Waals surface area contributed by atoms with Crippen LogP contribution in [0.4, 0.5) is 0 Å². The Hall–Kier alpha value is -1.26. The highest BCUT2D eigenvalue weighted by Crippen LogP contribution is 2.28. The van der Waals surface area contributed by atoms with Gasteiger partial charge in [-0.3, -0.25) is 4.90 Å². The van der Waals surface area contributed by atoms with Crippen molar-refractivity contribution >= 4 is 0 Å². The molecule has 1 atom stereocenters. The minimum atomic E-state index is -0.276. The van der Waals surface area contributed by atoms with Gasteiger partial charge in [-0.1, -0.05) is 12.1 Å². The summed E-state index contributed by atoms with van der Waals surface area (Å²) in [4.78, 5) is 2.43. The Morgan fingerprint density at radius 2 is 1.90 bits per heavy atom. The molecule has 0 radical (unpaired) electrons. The van der Waals surface area contributed by atoms with E-state index in [9.17, 15) is 0 Å². The van der Waals surface area contributed by atoms with E-state index >= 15 is 0 Å². The van der Waals surface area contributed by atoms with Crippen LogP contribution in [0.2, 0.25) is 0 Å². The van der Waals surface area contributed by atoms with Crippen molar-refractivity contribution in [3.63, 3.8) is 0 Å².